The molecule has 0 bridgehead atoms. The average molecular weight is 262 g/mol. The summed E-state index contributed by atoms with van der Waals surface area (Å²) in [5.74, 6) is -0.730. The average Bonchev–Trinajstić information content (AvgIpc) is 2.41. The summed E-state index contributed by atoms with van der Waals surface area (Å²) in [6.45, 7) is 1.22. The van der Waals surface area contributed by atoms with Crippen molar-refractivity contribution in [3.8, 4) is 5.75 Å². The normalized spacial score (nSPS) is 13.6. The number of benzene rings is 1. The van der Waals surface area contributed by atoms with Crippen LogP contribution in [0, 0.1) is 0 Å². The Morgan fingerprint density at radius 2 is 2.05 bits per heavy atom. The Morgan fingerprint density at radius 1 is 1.37 bits per heavy atom. The van der Waals surface area contributed by atoms with Gasteiger partial charge in [-0.3, -0.25) is 14.4 Å². The Balaban J connectivity index is 2.38. The first kappa shape index (κ1) is 13.1. The molecule has 0 radical (unpaired) electrons. The fraction of sp³-hybridized carbons (Fsp3) is 0.308. The minimum Gasteiger partial charge on any atom is -0.482 e. The van der Waals surface area contributed by atoms with E-state index in [2.05, 4.69) is 0 Å². The minimum absolute atomic E-state index is 0.00502. The van der Waals surface area contributed by atoms with E-state index in [1.807, 2.05) is 0 Å². The summed E-state index contributed by atoms with van der Waals surface area (Å²) in [6, 6.07) is 4.99. The number of rotatable bonds is 2. The molecule has 1 aliphatic heterocycles. The van der Waals surface area contributed by atoms with Gasteiger partial charge in [0.25, 0.3) is 11.8 Å². The van der Waals surface area contributed by atoms with E-state index < -0.39 is 11.7 Å². The number of fused-ring (bicyclic) bond motifs is 1. The van der Waals surface area contributed by atoms with Crippen LogP contribution in [0.25, 0.3) is 0 Å². The highest BCUT2D eigenvalue weighted by Gasteiger charge is 2.24. The molecule has 0 aliphatic carbocycles. The zero-order chi connectivity index (χ0) is 14.2. The van der Waals surface area contributed by atoms with Crippen LogP contribution >= 0.6 is 0 Å². The van der Waals surface area contributed by atoms with Crippen molar-refractivity contribution >= 4 is 29.0 Å². The van der Waals surface area contributed by atoms with Gasteiger partial charge >= 0.3 is 0 Å². The second-order valence-electron chi connectivity index (χ2n) is 4.31. The molecular weight excluding hydrogens is 248 g/mol. The van der Waals surface area contributed by atoms with E-state index in [0.29, 0.717) is 17.1 Å². The molecule has 1 aromatic rings. The van der Waals surface area contributed by atoms with Crippen LogP contribution in [0.4, 0.5) is 11.4 Å². The summed E-state index contributed by atoms with van der Waals surface area (Å²) >= 11 is 0. The van der Waals surface area contributed by atoms with Crippen molar-refractivity contribution in [2.45, 2.75) is 6.92 Å². The smallest absolute Gasteiger partial charge is 0.293 e. The number of carbonyl (C=O) groups excluding carboxylic acids is 3. The second kappa shape index (κ2) is 4.72. The van der Waals surface area contributed by atoms with Gasteiger partial charge in [0.2, 0.25) is 5.78 Å². The zero-order valence-corrected chi connectivity index (χ0v) is 11.0. The summed E-state index contributed by atoms with van der Waals surface area (Å²) in [6.07, 6.45) is 0. The highest BCUT2D eigenvalue weighted by molar-refractivity contribution is 6.40. The molecule has 2 amide bonds. The number of ketones is 1. The number of hydrogen-bond donors (Lipinski definition) is 0. The Labute approximate surface area is 110 Å². The Kier molecular flexibility index (Phi) is 3.25. The van der Waals surface area contributed by atoms with Crippen LogP contribution < -0.4 is 14.5 Å². The first-order chi connectivity index (χ1) is 8.91. The number of carbonyl (C=O) groups is 3. The molecule has 0 spiro atoms. The molecule has 1 aromatic carbocycles. The molecule has 1 heterocycles. The van der Waals surface area contributed by atoms with E-state index in [4.69, 9.17) is 4.74 Å². The van der Waals surface area contributed by atoms with Crippen molar-refractivity contribution in [2.75, 3.05) is 30.5 Å². The lowest BCUT2D eigenvalue weighted by Crippen LogP contribution is -2.36. The molecular formula is C13H14N2O4. The lowest BCUT2D eigenvalue weighted by molar-refractivity contribution is -0.134. The van der Waals surface area contributed by atoms with Crippen molar-refractivity contribution in [2.24, 2.45) is 0 Å². The lowest BCUT2D eigenvalue weighted by Gasteiger charge is -2.27. The Morgan fingerprint density at radius 3 is 2.68 bits per heavy atom. The van der Waals surface area contributed by atoms with Crippen molar-refractivity contribution < 1.29 is 19.1 Å². The SMILES string of the molecule is CC(=O)C(=O)N(C)c1ccc2c(c1)N(C)C(=O)CO2. The van der Waals surface area contributed by atoms with Crippen molar-refractivity contribution in [3.63, 3.8) is 0 Å². The fourth-order valence-electron chi connectivity index (χ4n) is 1.82. The monoisotopic (exact) mass is 262 g/mol. The van der Waals surface area contributed by atoms with Gasteiger partial charge < -0.3 is 14.5 Å². The number of likely N-dealkylation sites (N-methyl/N-ethyl adjacent to an activating group) is 2. The van der Waals surface area contributed by atoms with Gasteiger partial charge in [0, 0.05) is 26.7 Å². The van der Waals surface area contributed by atoms with Crippen LogP contribution in [0.3, 0.4) is 0 Å². The minimum atomic E-state index is -0.606. The van der Waals surface area contributed by atoms with Gasteiger partial charge in [0.1, 0.15) is 5.75 Å². The van der Waals surface area contributed by atoms with Gasteiger partial charge in [0.05, 0.1) is 5.69 Å². The van der Waals surface area contributed by atoms with Gasteiger partial charge in [-0.25, -0.2) is 0 Å². The number of Topliss-reactive ketones (excluding diaryl/α,β-unsaturated/α-hetero) is 1. The largest absolute Gasteiger partial charge is 0.482 e. The standard InChI is InChI=1S/C13H14N2O4/c1-8(16)13(18)14(2)9-4-5-11-10(6-9)15(3)12(17)7-19-11/h4-6H,7H2,1-3H3. The van der Waals surface area contributed by atoms with Gasteiger partial charge in [-0.05, 0) is 18.2 Å². The van der Waals surface area contributed by atoms with Crippen molar-refractivity contribution in [3.05, 3.63) is 18.2 Å². The van der Waals surface area contributed by atoms with Crippen molar-refractivity contribution in [1.29, 1.82) is 0 Å². The summed E-state index contributed by atoms with van der Waals surface area (Å²) in [5.41, 5.74) is 1.11. The van der Waals surface area contributed by atoms with Crippen molar-refractivity contribution in [1.82, 2.24) is 0 Å². The highest BCUT2D eigenvalue weighted by Crippen LogP contribution is 2.34. The van der Waals surface area contributed by atoms with Crippen LogP contribution in [0.1, 0.15) is 6.92 Å². The van der Waals surface area contributed by atoms with E-state index >= 15 is 0 Å². The first-order valence-electron chi connectivity index (χ1n) is 5.74. The molecule has 0 N–H and O–H groups in total. The van der Waals surface area contributed by atoms with Crippen LogP contribution in [0.2, 0.25) is 0 Å². The molecule has 0 unspecified atom stereocenters. The molecule has 0 fully saturated rings. The zero-order valence-electron chi connectivity index (χ0n) is 11.0. The Bertz CT molecular complexity index is 568. The Hall–Kier alpha value is -2.37. The predicted octanol–water partition coefficient (Wildman–Crippen LogP) is 0.594. The molecule has 6 heteroatoms. The third-order valence-corrected chi connectivity index (χ3v) is 3.02. The number of anilines is 2. The van der Waals surface area contributed by atoms with E-state index in [-0.39, 0.29) is 12.5 Å². The maximum absolute atomic E-state index is 11.6. The van der Waals surface area contributed by atoms with Crippen LogP contribution in [0.5, 0.6) is 5.75 Å². The van der Waals surface area contributed by atoms with Crippen LogP contribution in [0.15, 0.2) is 18.2 Å². The second-order valence-corrected chi connectivity index (χ2v) is 4.31. The molecule has 100 valence electrons. The van der Waals surface area contributed by atoms with Gasteiger partial charge in [0.15, 0.2) is 6.61 Å². The van der Waals surface area contributed by atoms with E-state index in [1.54, 1.807) is 25.2 Å². The van der Waals surface area contributed by atoms with Crippen LogP contribution in [-0.4, -0.2) is 38.3 Å². The van der Waals surface area contributed by atoms with E-state index in [9.17, 15) is 14.4 Å². The lowest BCUT2D eigenvalue weighted by atomic mass is 10.2. The first-order valence-corrected chi connectivity index (χ1v) is 5.74. The van der Waals surface area contributed by atoms with Gasteiger partial charge in [-0.2, -0.15) is 0 Å². The number of ether oxygens (including phenoxy) is 1. The topological polar surface area (TPSA) is 66.9 Å². The summed E-state index contributed by atoms with van der Waals surface area (Å²) in [5, 5.41) is 0. The van der Waals surface area contributed by atoms with E-state index in [1.165, 1.54) is 23.8 Å². The molecule has 0 saturated heterocycles. The summed E-state index contributed by atoms with van der Waals surface area (Å²) in [4.78, 5) is 37.0. The third-order valence-electron chi connectivity index (χ3n) is 3.02. The number of nitrogens with zero attached hydrogens (tertiary/aromatic N) is 2. The third kappa shape index (κ3) is 2.29. The number of hydrogen-bond acceptors (Lipinski definition) is 4. The molecule has 6 nitrogen and oxygen atoms in total. The molecule has 19 heavy (non-hydrogen) atoms. The molecule has 0 saturated carbocycles. The molecule has 1 aliphatic rings. The maximum atomic E-state index is 11.6. The maximum Gasteiger partial charge on any atom is 0.293 e. The van der Waals surface area contributed by atoms with Gasteiger partial charge in [-0.15, -0.1) is 0 Å². The fourth-order valence-corrected chi connectivity index (χ4v) is 1.82. The molecule has 0 aromatic heterocycles. The summed E-state index contributed by atoms with van der Waals surface area (Å²) < 4.78 is 5.29. The van der Waals surface area contributed by atoms with E-state index in [0.717, 1.165) is 0 Å². The molecule has 0 atom stereocenters. The predicted molar refractivity (Wildman–Crippen MR) is 69.4 cm³/mol. The quantitative estimate of drug-likeness (QED) is 0.732. The van der Waals surface area contributed by atoms with Crippen LogP contribution in [-0.2, 0) is 14.4 Å². The highest BCUT2D eigenvalue weighted by atomic mass is 16.5. The number of amides is 2. The van der Waals surface area contributed by atoms with Gasteiger partial charge in [-0.1, -0.05) is 0 Å². The molecule has 2 rings (SSSR count). The summed E-state index contributed by atoms with van der Waals surface area (Å²) in [7, 11) is 3.15.